The van der Waals surface area contributed by atoms with E-state index < -0.39 is 35.2 Å². The first-order valence-electron chi connectivity index (χ1n) is 4.74. The van der Waals surface area contributed by atoms with Crippen molar-refractivity contribution in [2.75, 3.05) is 11.9 Å². The van der Waals surface area contributed by atoms with Crippen LogP contribution in [0.1, 0.15) is 0 Å². The van der Waals surface area contributed by atoms with Gasteiger partial charge in [-0.25, -0.2) is 9.18 Å². The van der Waals surface area contributed by atoms with Crippen LogP contribution in [0.4, 0.5) is 33.7 Å². The number of benzene rings is 1. The fraction of sp³-hybridized carbons (Fsp3) is 0.222. The molecule has 0 aliphatic carbocycles. The zero-order valence-corrected chi connectivity index (χ0v) is 9.12. The number of carbonyl (C=O) groups is 1. The van der Waals surface area contributed by atoms with Crippen LogP contribution in [-0.2, 0) is 0 Å². The van der Waals surface area contributed by atoms with Crippen LogP contribution in [0.25, 0.3) is 0 Å². The van der Waals surface area contributed by atoms with Crippen LogP contribution in [0, 0.1) is 15.9 Å². The zero-order valence-electron chi connectivity index (χ0n) is 9.12. The van der Waals surface area contributed by atoms with E-state index in [9.17, 15) is 32.5 Å². The number of nitrogens with zero attached hydrogens (tertiary/aromatic N) is 1. The lowest BCUT2D eigenvalue weighted by Crippen LogP contribution is -2.36. The number of hydrogen-bond acceptors (Lipinski definition) is 3. The molecule has 0 aliphatic rings. The van der Waals surface area contributed by atoms with E-state index in [0.717, 1.165) is 12.1 Å². The second-order valence-electron chi connectivity index (χ2n) is 3.38. The highest BCUT2D eigenvalue weighted by Gasteiger charge is 2.27. The first-order valence-corrected chi connectivity index (χ1v) is 4.74. The van der Waals surface area contributed by atoms with Crippen LogP contribution in [-0.4, -0.2) is 23.7 Å². The van der Waals surface area contributed by atoms with Crippen molar-refractivity contribution < 1.29 is 27.3 Å². The Labute approximate surface area is 103 Å². The Morgan fingerprint density at radius 3 is 2.47 bits per heavy atom. The maximum Gasteiger partial charge on any atom is 0.405 e. The van der Waals surface area contributed by atoms with E-state index in [1.165, 1.54) is 5.32 Å². The van der Waals surface area contributed by atoms with E-state index in [4.69, 9.17) is 0 Å². The minimum absolute atomic E-state index is 0.327. The molecule has 0 saturated heterocycles. The van der Waals surface area contributed by atoms with Crippen LogP contribution in [0.2, 0.25) is 0 Å². The third kappa shape index (κ3) is 5.19. The monoisotopic (exact) mass is 281 g/mol. The molecule has 2 N–H and O–H groups in total. The van der Waals surface area contributed by atoms with Crippen molar-refractivity contribution in [3.05, 3.63) is 34.1 Å². The molecule has 0 unspecified atom stereocenters. The van der Waals surface area contributed by atoms with Crippen LogP contribution in [0.3, 0.4) is 0 Å². The largest absolute Gasteiger partial charge is 0.405 e. The first-order chi connectivity index (χ1) is 8.67. The standard InChI is InChI=1S/C9H7F4N3O3/c10-5-1-6(3-7(2-5)16(18)19)15-8(17)14-4-9(11,12)13/h1-3H,4H2,(H2,14,15,17). The lowest BCUT2D eigenvalue weighted by Gasteiger charge is -2.09. The number of halogens is 4. The molecule has 1 aromatic carbocycles. The Morgan fingerprint density at radius 2 is 1.95 bits per heavy atom. The summed E-state index contributed by atoms with van der Waals surface area (Å²) in [5.41, 5.74) is -0.961. The van der Waals surface area contributed by atoms with Gasteiger partial charge in [-0.3, -0.25) is 10.1 Å². The molecule has 0 aliphatic heterocycles. The third-order valence-corrected chi connectivity index (χ3v) is 1.80. The van der Waals surface area contributed by atoms with Gasteiger partial charge in [-0.1, -0.05) is 0 Å². The quantitative estimate of drug-likeness (QED) is 0.507. The second kappa shape index (κ2) is 5.50. The Bertz CT molecular complexity index is 504. The summed E-state index contributed by atoms with van der Waals surface area (Å²) in [6, 6.07) is 0.909. The fourth-order valence-corrected chi connectivity index (χ4v) is 1.11. The third-order valence-electron chi connectivity index (χ3n) is 1.80. The molecule has 0 aromatic heterocycles. The number of urea groups is 1. The molecule has 0 atom stereocenters. The Morgan fingerprint density at radius 1 is 1.32 bits per heavy atom. The first kappa shape index (κ1) is 14.7. The predicted molar refractivity (Wildman–Crippen MR) is 56.1 cm³/mol. The summed E-state index contributed by atoms with van der Waals surface area (Å²) in [5.74, 6) is -1.000. The summed E-state index contributed by atoms with van der Waals surface area (Å²) in [6.07, 6.45) is -4.59. The van der Waals surface area contributed by atoms with E-state index in [2.05, 4.69) is 0 Å². The van der Waals surface area contributed by atoms with Crippen molar-refractivity contribution in [1.29, 1.82) is 0 Å². The average Bonchev–Trinajstić information content (AvgIpc) is 2.24. The summed E-state index contributed by atoms with van der Waals surface area (Å²) >= 11 is 0. The highest BCUT2D eigenvalue weighted by Crippen LogP contribution is 2.20. The van der Waals surface area contributed by atoms with Crippen molar-refractivity contribution in [3.8, 4) is 0 Å². The van der Waals surface area contributed by atoms with Gasteiger partial charge in [-0.2, -0.15) is 13.2 Å². The van der Waals surface area contributed by atoms with Gasteiger partial charge in [0, 0.05) is 6.07 Å². The Kier molecular flexibility index (Phi) is 4.25. The molecule has 6 nitrogen and oxygen atoms in total. The van der Waals surface area contributed by atoms with Crippen molar-refractivity contribution >= 4 is 17.4 Å². The minimum atomic E-state index is -4.59. The number of alkyl halides is 3. The van der Waals surface area contributed by atoms with Gasteiger partial charge in [-0.15, -0.1) is 0 Å². The number of hydrogen-bond donors (Lipinski definition) is 2. The number of non-ortho nitro benzene ring substituents is 1. The van der Waals surface area contributed by atoms with Gasteiger partial charge in [0.2, 0.25) is 0 Å². The number of amides is 2. The maximum atomic E-state index is 13.0. The van der Waals surface area contributed by atoms with Gasteiger partial charge in [0.1, 0.15) is 12.4 Å². The molecule has 2 amide bonds. The summed E-state index contributed by atoms with van der Waals surface area (Å²) in [5, 5.41) is 13.7. The van der Waals surface area contributed by atoms with Crippen LogP contribution < -0.4 is 10.6 Å². The van der Waals surface area contributed by atoms with E-state index in [-0.39, 0.29) is 5.69 Å². The summed E-state index contributed by atoms with van der Waals surface area (Å²) in [7, 11) is 0. The van der Waals surface area contributed by atoms with Gasteiger partial charge in [0.15, 0.2) is 0 Å². The van der Waals surface area contributed by atoms with E-state index in [1.54, 1.807) is 0 Å². The zero-order chi connectivity index (χ0) is 14.6. The SMILES string of the molecule is O=C(NCC(F)(F)F)Nc1cc(F)cc([N+](=O)[O-])c1. The second-order valence-corrected chi connectivity index (χ2v) is 3.38. The number of carbonyl (C=O) groups excluding carboxylic acids is 1. The predicted octanol–water partition coefficient (Wildman–Crippen LogP) is 2.42. The Hall–Kier alpha value is -2.39. The lowest BCUT2D eigenvalue weighted by molar-refractivity contribution is -0.385. The molecule has 104 valence electrons. The number of nitrogens with one attached hydrogen (secondary N) is 2. The lowest BCUT2D eigenvalue weighted by atomic mass is 10.2. The summed E-state index contributed by atoms with van der Waals surface area (Å²) < 4.78 is 48.3. The number of anilines is 1. The molecule has 0 fully saturated rings. The molecular weight excluding hydrogens is 274 g/mol. The molecule has 0 heterocycles. The molecular formula is C9H7F4N3O3. The van der Waals surface area contributed by atoms with Gasteiger partial charge in [0.25, 0.3) is 5.69 Å². The number of nitro groups is 1. The smallest absolute Gasteiger partial charge is 0.329 e. The highest BCUT2D eigenvalue weighted by molar-refractivity contribution is 5.89. The summed E-state index contributed by atoms with van der Waals surface area (Å²) in [6.45, 7) is -1.57. The molecule has 10 heteroatoms. The van der Waals surface area contributed by atoms with Gasteiger partial charge < -0.3 is 10.6 Å². The van der Waals surface area contributed by atoms with E-state index in [0.29, 0.717) is 6.07 Å². The Balaban J connectivity index is 2.71. The topological polar surface area (TPSA) is 84.3 Å². The van der Waals surface area contributed by atoms with Crippen LogP contribution >= 0.6 is 0 Å². The molecule has 0 bridgehead atoms. The average molecular weight is 281 g/mol. The van der Waals surface area contributed by atoms with Crippen molar-refractivity contribution in [3.63, 3.8) is 0 Å². The van der Waals surface area contributed by atoms with E-state index in [1.807, 2.05) is 5.32 Å². The molecule has 19 heavy (non-hydrogen) atoms. The maximum absolute atomic E-state index is 13.0. The van der Waals surface area contributed by atoms with Gasteiger partial charge >= 0.3 is 12.2 Å². The van der Waals surface area contributed by atoms with Gasteiger partial charge in [0.05, 0.1) is 16.7 Å². The number of nitro benzene ring substituents is 1. The normalized spacial score (nSPS) is 10.9. The molecule has 1 rings (SSSR count). The van der Waals surface area contributed by atoms with Crippen LogP contribution in [0.15, 0.2) is 18.2 Å². The van der Waals surface area contributed by atoms with E-state index >= 15 is 0 Å². The van der Waals surface area contributed by atoms with Crippen molar-refractivity contribution in [2.24, 2.45) is 0 Å². The summed E-state index contributed by atoms with van der Waals surface area (Å²) in [4.78, 5) is 20.5. The van der Waals surface area contributed by atoms with Gasteiger partial charge in [-0.05, 0) is 6.07 Å². The molecule has 0 radical (unpaired) electrons. The molecule has 0 saturated carbocycles. The fourth-order valence-electron chi connectivity index (χ4n) is 1.11. The molecule has 0 spiro atoms. The van der Waals surface area contributed by atoms with Crippen molar-refractivity contribution in [1.82, 2.24) is 5.32 Å². The van der Waals surface area contributed by atoms with Crippen molar-refractivity contribution in [2.45, 2.75) is 6.18 Å². The van der Waals surface area contributed by atoms with Crippen LogP contribution in [0.5, 0.6) is 0 Å². The minimum Gasteiger partial charge on any atom is -0.329 e. The molecule has 1 aromatic rings. The highest BCUT2D eigenvalue weighted by atomic mass is 19.4. The number of rotatable bonds is 3.